The van der Waals surface area contributed by atoms with Gasteiger partial charge in [0.25, 0.3) is 0 Å². The lowest BCUT2D eigenvalue weighted by Crippen LogP contribution is -2.43. The van der Waals surface area contributed by atoms with Gasteiger partial charge in [-0.2, -0.15) is 5.10 Å². The van der Waals surface area contributed by atoms with E-state index < -0.39 is 22.7 Å². The molecule has 0 saturated heterocycles. The van der Waals surface area contributed by atoms with Gasteiger partial charge in [-0.25, -0.2) is 4.79 Å². The Morgan fingerprint density at radius 2 is 2.10 bits per heavy atom. The van der Waals surface area contributed by atoms with Gasteiger partial charge in [-0.05, 0) is 43.6 Å². The van der Waals surface area contributed by atoms with Crippen LogP contribution in [0, 0.1) is 10.1 Å². The number of nitrogens with zero attached hydrogens (tertiary/aromatic N) is 4. The molecule has 0 fully saturated rings. The average molecular weight is 361 g/mol. The molecule has 2 heterocycles. The molecule has 116 valence electrons. The van der Waals surface area contributed by atoms with Crippen LogP contribution in [0.25, 0.3) is 0 Å². The summed E-state index contributed by atoms with van der Waals surface area (Å²) < 4.78 is 7.09. The first kappa shape index (κ1) is 15.7. The number of rotatable bonds is 1. The summed E-state index contributed by atoms with van der Waals surface area (Å²) in [6, 6.07) is -0.479. The monoisotopic (exact) mass is 360 g/mol. The lowest BCUT2D eigenvalue weighted by molar-refractivity contribution is -0.386. The molecule has 2 rings (SSSR count). The highest BCUT2D eigenvalue weighted by Crippen LogP contribution is 2.37. The molecule has 0 N–H and O–H groups in total. The number of hydrogen-bond donors (Lipinski definition) is 0. The molecular formula is C12H17BrN4O4. The molecule has 1 aromatic rings. The minimum atomic E-state index is -0.610. The summed E-state index contributed by atoms with van der Waals surface area (Å²) in [5.41, 5.74) is -0.305. The maximum absolute atomic E-state index is 12.2. The van der Waals surface area contributed by atoms with Gasteiger partial charge in [-0.3, -0.25) is 19.7 Å². The Labute approximate surface area is 130 Å². The molecule has 1 unspecified atom stereocenters. The Bertz CT molecular complexity index is 593. The first-order valence-corrected chi connectivity index (χ1v) is 7.31. The van der Waals surface area contributed by atoms with Crippen LogP contribution in [-0.2, 0) is 11.3 Å². The van der Waals surface area contributed by atoms with Crippen LogP contribution in [0.1, 0.15) is 39.4 Å². The molecule has 1 aromatic heterocycles. The maximum atomic E-state index is 12.2. The Morgan fingerprint density at radius 1 is 1.48 bits per heavy atom. The van der Waals surface area contributed by atoms with Crippen molar-refractivity contribution >= 4 is 27.7 Å². The zero-order chi connectivity index (χ0) is 15.9. The number of carbonyl (C=O) groups excluding carboxylic acids is 1. The van der Waals surface area contributed by atoms with E-state index in [-0.39, 0.29) is 10.3 Å². The molecule has 0 saturated carbocycles. The van der Waals surface area contributed by atoms with Crippen LogP contribution < -0.4 is 0 Å². The van der Waals surface area contributed by atoms with Gasteiger partial charge < -0.3 is 4.74 Å². The fourth-order valence-electron chi connectivity index (χ4n) is 2.30. The van der Waals surface area contributed by atoms with Crippen molar-refractivity contribution in [2.75, 3.05) is 6.54 Å². The number of ether oxygens (including phenoxy) is 1. The molecule has 21 heavy (non-hydrogen) atoms. The number of nitro groups is 1. The number of amides is 1. The van der Waals surface area contributed by atoms with Crippen molar-refractivity contribution in [1.29, 1.82) is 0 Å². The SMILES string of the molecule is CC1c2c([N+](=O)[O-])c(Br)nn2CCN1C(=O)OC(C)(C)C. The first-order valence-electron chi connectivity index (χ1n) is 6.52. The van der Waals surface area contributed by atoms with Crippen molar-refractivity contribution in [1.82, 2.24) is 14.7 Å². The van der Waals surface area contributed by atoms with Crippen LogP contribution in [0.4, 0.5) is 10.5 Å². The summed E-state index contributed by atoms with van der Waals surface area (Å²) in [6.07, 6.45) is -0.479. The van der Waals surface area contributed by atoms with Crippen LogP contribution >= 0.6 is 15.9 Å². The highest BCUT2D eigenvalue weighted by molar-refractivity contribution is 9.10. The number of fused-ring (bicyclic) bond motifs is 1. The molecule has 0 spiro atoms. The molecule has 8 nitrogen and oxygen atoms in total. The van der Waals surface area contributed by atoms with Crippen molar-refractivity contribution in [3.05, 3.63) is 20.4 Å². The fraction of sp³-hybridized carbons (Fsp3) is 0.667. The Balaban J connectivity index is 2.34. The summed E-state index contributed by atoms with van der Waals surface area (Å²) in [5, 5.41) is 15.3. The van der Waals surface area contributed by atoms with Gasteiger partial charge in [0.05, 0.1) is 17.5 Å². The number of hydrogen-bond acceptors (Lipinski definition) is 5. The summed E-state index contributed by atoms with van der Waals surface area (Å²) in [4.78, 5) is 24.4. The Kier molecular flexibility index (Phi) is 3.96. The van der Waals surface area contributed by atoms with E-state index in [4.69, 9.17) is 4.74 Å². The van der Waals surface area contributed by atoms with Crippen molar-refractivity contribution in [2.45, 2.75) is 45.9 Å². The summed E-state index contributed by atoms with van der Waals surface area (Å²) in [7, 11) is 0. The van der Waals surface area contributed by atoms with Gasteiger partial charge >= 0.3 is 11.8 Å². The van der Waals surface area contributed by atoms with Gasteiger partial charge in [0.2, 0.25) is 4.60 Å². The third-order valence-corrected chi connectivity index (χ3v) is 3.69. The standard InChI is InChI=1S/C12H17BrN4O4/c1-7-8-9(17(19)20)10(13)14-16(8)6-5-15(7)11(18)21-12(2,3)4/h7H,5-6H2,1-4H3. The largest absolute Gasteiger partial charge is 0.444 e. The van der Waals surface area contributed by atoms with E-state index in [1.54, 1.807) is 32.4 Å². The van der Waals surface area contributed by atoms with Crippen molar-refractivity contribution < 1.29 is 14.5 Å². The van der Waals surface area contributed by atoms with Crippen molar-refractivity contribution in [2.24, 2.45) is 0 Å². The second kappa shape index (κ2) is 5.28. The lowest BCUT2D eigenvalue weighted by atomic mass is 10.1. The quantitative estimate of drug-likeness (QED) is 0.567. The first-order chi connectivity index (χ1) is 9.61. The molecular weight excluding hydrogens is 344 g/mol. The topological polar surface area (TPSA) is 90.5 Å². The minimum Gasteiger partial charge on any atom is -0.444 e. The fourth-order valence-corrected chi connectivity index (χ4v) is 2.84. The zero-order valence-corrected chi connectivity index (χ0v) is 13.9. The van der Waals surface area contributed by atoms with Crippen molar-refractivity contribution in [3.63, 3.8) is 0 Å². The number of halogens is 1. The molecule has 0 radical (unpaired) electrons. The summed E-state index contributed by atoms with van der Waals surface area (Å²) in [5.74, 6) is 0. The van der Waals surface area contributed by atoms with E-state index >= 15 is 0 Å². The van der Waals surface area contributed by atoms with E-state index in [1.807, 2.05) is 0 Å². The van der Waals surface area contributed by atoms with E-state index in [9.17, 15) is 14.9 Å². The van der Waals surface area contributed by atoms with Gasteiger partial charge in [0, 0.05) is 6.54 Å². The molecule has 0 aliphatic carbocycles. The van der Waals surface area contributed by atoms with E-state index in [0.29, 0.717) is 18.8 Å². The van der Waals surface area contributed by atoms with Gasteiger partial charge in [0.1, 0.15) is 11.3 Å². The highest BCUT2D eigenvalue weighted by Gasteiger charge is 2.39. The predicted molar refractivity (Wildman–Crippen MR) is 77.9 cm³/mol. The smallest absolute Gasteiger partial charge is 0.410 e. The van der Waals surface area contributed by atoms with Crippen LogP contribution in [0.2, 0.25) is 0 Å². The van der Waals surface area contributed by atoms with Crippen LogP contribution in [0.3, 0.4) is 0 Å². The normalized spacial score (nSPS) is 18.3. The summed E-state index contributed by atoms with van der Waals surface area (Å²) >= 11 is 3.10. The highest BCUT2D eigenvalue weighted by atomic mass is 79.9. The third kappa shape index (κ3) is 3.02. The van der Waals surface area contributed by atoms with Gasteiger partial charge in [-0.1, -0.05) is 0 Å². The molecule has 0 aromatic carbocycles. The van der Waals surface area contributed by atoms with E-state index in [1.165, 1.54) is 4.90 Å². The van der Waals surface area contributed by atoms with Crippen LogP contribution in [-0.4, -0.2) is 37.8 Å². The predicted octanol–water partition coefficient (Wildman–Crippen LogP) is 2.87. The maximum Gasteiger partial charge on any atom is 0.410 e. The van der Waals surface area contributed by atoms with Gasteiger partial charge in [-0.15, -0.1) is 0 Å². The Hall–Kier alpha value is -1.64. The molecule has 0 bridgehead atoms. The number of carbonyl (C=O) groups is 1. The Morgan fingerprint density at radius 3 is 2.62 bits per heavy atom. The zero-order valence-electron chi connectivity index (χ0n) is 12.3. The van der Waals surface area contributed by atoms with Crippen molar-refractivity contribution in [3.8, 4) is 0 Å². The lowest BCUT2D eigenvalue weighted by Gasteiger charge is -2.34. The van der Waals surface area contributed by atoms with Crippen LogP contribution in [0.5, 0.6) is 0 Å². The summed E-state index contributed by atoms with van der Waals surface area (Å²) in [6.45, 7) is 7.87. The molecule has 1 amide bonds. The van der Waals surface area contributed by atoms with Gasteiger partial charge in [0.15, 0.2) is 0 Å². The average Bonchev–Trinajstić information content (AvgIpc) is 2.64. The third-order valence-electron chi connectivity index (χ3n) is 3.15. The van der Waals surface area contributed by atoms with Crippen LogP contribution in [0.15, 0.2) is 4.60 Å². The molecule has 1 aliphatic heterocycles. The molecule has 1 atom stereocenters. The molecule has 1 aliphatic rings. The minimum absolute atomic E-state index is 0.101. The van der Waals surface area contributed by atoms with E-state index in [2.05, 4.69) is 21.0 Å². The molecule has 9 heteroatoms. The second-order valence-corrected chi connectivity index (χ2v) is 6.61. The second-order valence-electron chi connectivity index (χ2n) is 5.85. The number of aromatic nitrogens is 2. The van der Waals surface area contributed by atoms with E-state index in [0.717, 1.165) is 0 Å².